The van der Waals surface area contributed by atoms with Crippen LogP contribution >= 0.6 is 25.1 Å². The Morgan fingerprint density at radius 1 is 1.21 bits per heavy atom. The van der Waals surface area contributed by atoms with Gasteiger partial charge in [-0.3, -0.25) is 0 Å². The zero-order valence-corrected chi connectivity index (χ0v) is 10.1. The van der Waals surface area contributed by atoms with Crippen molar-refractivity contribution in [2.45, 2.75) is 6.92 Å². The van der Waals surface area contributed by atoms with Gasteiger partial charge < -0.3 is 4.52 Å². The molecule has 0 saturated heterocycles. The van der Waals surface area contributed by atoms with Crippen molar-refractivity contribution < 1.29 is 4.52 Å². The van der Waals surface area contributed by atoms with Crippen molar-refractivity contribution in [3.8, 4) is 5.75 Å². The topological polar surface area (TPSA) is 47.9 Å². The molecule has 1 aromatic carbocycles. The van der Waals surface area contributed by atoms with Crippen LogP contribution in [-0.4, -0.2) is 13.5 Å². The van der Waals surface area contributed by atoms with E-state index >= 15 is 0 Å². The number of para-hydroxylation sites is 1. The highest BCUT2D eigenvalue weighted by atomic mass is 31.2. The molecule has 0 fully saturated rings. The number of hydrogen-bond acceptors (Lipinski definition) is 4. The zero-order chi connectivity index (χ0) is 9.80. The van der Waals surface area contributed by atoms with E-state index in [0.29, 0.717) is 0 Å². The molecule has 4 nitrogen and oxygen atoms in total. The number of rotatable bonds is 2. The molecular weight excluding hydrogens is 235 g/mol. The molecule has 1 aromatic heterocycles. The molecule has 70 valence electrons. The molecule has 0 aliphatic carbocycles. The minimum absolute atomic E-state index is 0.727. The van der Waals surface area contributed by atoms with E-state index in [1.807, 2.05) is 31.2 Å². The van der Waals surface area contributed by atoms with Crippen molar-refractivity contribution in [3.05, 3.63) is 29.8 Å². The van der Waals surface area contributed by atoms with Crippen LogP contribution in [0.5, 0.6) is 5.75 Å². The summed E-state index contributed by atoms with van der Waals surface area (Å²) in [7, 11) is 0.421. The molecule has 0 atom stereocenters. The molecule has 7 heteroatoms. The van der Waals surface area contributed by atoms with Crippen LogP contribution in [-0.2, 0) is 0 Å². The molecule has 0 saturated carbocycles. The second-order valence-corrected chi connectivity index (χ2v) is 5.75. The number of nitrogens with zero attached hydrogens (tertiary/aromatic N) is 3. The fraction of sp³-hybridized carbons (Fsp3) is 0.143. The van der Waals surface area contributed by atoms with Crippen molar-refractivity contribution in [3.63, 3.8) is 0 Å². The van der Waals surface area contributed by atoms with Crippen LogP contribution in [0.3, 0.4) is 0 Å². The normalized spacial score (nSPS) is 12.2. The predicted octanol–water partition coefficient (Wildman–Crippen LogP) is 3.45. The van der Waals surface area contributed by atoms with Crippen LogP contribution in [0.1, 0.15) is 5.56 Å². The lowest BCUT2D eigenvalue weighted by molar-refractivity contribution is 0.618. The number of hydrogen-bond donors (Lipinski definition) is 0. The third-order valence-corrected chi connectivity index (χ3v) is 4.45. The van der Waals surface area contributed by atoms with Crippen molar-refractivity contribution in [2.24, 2.45) is 0 Å². The predicted molar refractivity (Wildman–Crippen MR) is 59.2 cm³/mol. The van der Waals surface area contributed by atoms with Gasteiger partial charge in [0.25, 0.3) is 0 Å². The van der Waals surface area contributed by atoms with Crippen molar-refractivity contribution in [2.75, 3.05) is 0 Å². The summed E-state index contributed by atoms with van der Waals surface area (Å²) in [6.45, 7) is 2.01. The SMILES string of the molecule is Cc1ccccc1O[p+]1npnpn1. The number of benzene rings is 1. The minimum Gasteiger partial charge on any atom is -0.358 e. The molecule has 0 bridgehead atoms. The second-order valence-electron chi connectivity index (χ2n) is 2.56. The molecule has 0 spiro atoms. The first-order valence-corrected chi connectivity index (χ1v) is 6.68. The quantitative estimate of drug-likeness (QED) is 0.809. The molecule has 0 amide bonds. The van der Waals surface area contributed by atoms with Crippen LogP contribution < -0.4 is 4.52 Å². The summed E-state index contributed by atoms with van der Waals surface area (Å²) in [5.74, 6) is 0.860. The largest absolute Gasteiger partial charge is 0.414 e. The summed E-state index contributed by atoms with van der Waals surface area (Å²) in [6.07, 6.45) is 0. The standard InChI is InChI=1S/C7H7N3OP3/c1-6-4-2-3-5-7(6)11-14-9-12-8-13-10-14/h2-5H,1H3/q+1. The fourth-order valence-electron chi connectivity index (χ4n) is 0.923. The first-order chi connectivity index (χ1) is 6.86. The molecule has 2 rings (SSSR count). The Bertz CT molecular complexity index is 426. The van der Waals surface area contributed by atoms with Gasteiger partial charge in [0.05, 0.1) is 0 Å². The van der Waals surface area contributed by atoms with Gasteiger partial charge in [-0.15, -0.1) is 0 Å². The summed E-state index contributed by atoms with van der Waals surface area (Å²) < 4.78 is 17.9. The molecule has 0 unspecified atom stereocenters. The van der Waals surface area contributed by atoms with E-state index < -0.39 is 8.08 Å². The Morgan fingerprint density at radius 3 is 2.64 bits per heavy atom. The van der Waals surface area contributed by atoms with Gasteiger partial charge in [0.1, 0.15) is 0 Å². The molecule has 1 heterocycles. The molecule has 2 aromatic rings. The fourth-order valence-corrected chi connectivity index (χ4v) is 3.68. The third kappa shape index (κ3) is 2.42. The van der Waals surface area contributed by atoms with E-state index in [1.165, 1.54) is 0 Å². The Hall–Kier alpha value is -0.680. The molecule has 14 heavy (non-hydrogen) atoms. The number of aromatic nitrogens is 3. The van der Waals surface area contributed by atoms with Gasteiger partial charge in [0.2, 0.25) is 0 Å². The van der Waals surface area contributed by atoms with E-state index in [-0.39, 0.29) is 0 Å². The summed E-state index contributed by atoms with van der Waals surface area (Å²) in [4.78, 5) is 0. The first-order valence-electron chi connectivity index (χ1n) is 3.91. The Balaban J connectivity index is 2.24. The van der Waals surface area contributed by atoms with E-state index in [4.69, 9.17) is 4.52 Å². The highest BCUT2D eigenvalue weighted by Crippen LogP contribution is 2.28. The van der Waals surface area contributed by atoms with Gasteiger partial charge in [-0.25, -0.2) is 0 Å². The van der Waals surface area contributed by atoms with Crippen LogP contribution in [0, 0.1) is 6.92 Å². The van der Waals surface area contributed by atoms with Crippen LogP contribution in [0.4, 0.5) is 0 Å². The van der Waals surface area contributed by atoms with E-state index in [9.17, 15) is 0 Å². The van der Waals surface area contributed by atoms with Crippen LogP contribution in [0.2, 0.25) is 0 Å². The lowest BCUT2D eigenvalue weighted by Crippen LogP contribution is -1.85. The summed E-state index contributed by atoms with van der Waals surface area (Å²) in [5.41, 5.74) is 1.11. The van der Waals surface area contributed by atoms with Gasteiger partial charge in [0.15, 0.2) is 5.75 Å². The summed E-state index contributed by atoms with van der Waals surface area (Å²) in [5, 5.41) is 0. The highest BCUT2D eigenvalue weighted by molar-refractivity contribution is 7.50. The number of aryl methyl sites for hydroxylation is 1. The average Bonchev–Trinajstić information content (AvgIpc) is 2.23. The maximum atomic E-state index is 5.64. The molecule has 0 aliphatic heterocycles. The zero-order valence-electron chi connectivity index (χ0n) is 7.40. The smallest absolute Gasteiger partial charge is 0.358 e. The lowest BCUT2D eigenvalue weighted by Gasteiger charge is -2.00. The van der Waals surface area contributed by atoms with Crippen molar-refractivity contribution in [1.82, 2.24) is 13.5 Å². The maximum Gasteiger partial charge on any atom is 0.414 e. The summed E-state index contributed by atoms with van der Waals surface area (Å²) in [6, 6.07) is 7.87. The maximum absolute atomic E-state index is 5.64. The van der Waals surface area contributed by atoms with E-state index in [1.54, 1.807) is 0 Å². The van der Waals surface area contributed by atoms with E-state index in [2.05, 4.69) is 13.5 Å². The Kier molecular flexibility index (Phi) is 3.31. The van der Waals surface area contributed by atoms with Crippen LogP contribution in [0.15, 0.2) is 24.3 Å². The second kappa shape index (κ2) is 4.70. The van der Waals surface area contributed by atoms with Gasteiger partial charge in [0, 0.05) is 9.02 Å². The molecule has 0 radical (unpaired) electrons. The summed E-state index contributed by atoms with van der Waals surface area (Å²) >= 11 is 0. The lowest BCUT2D eigenvalue weighted by atomic mass is 10.2. The highest BCUT2D eigenvalue weighted by Gasteiger charge is 2.08. The van der Waals surface area contributed by atoms with Gasteiger partial charge in [-0.2, -0.15) is 0 Å². The average molecular weight is 242 g/mol. The van der Waals surface area contributed by atoms with Gasteiger partial charge >= 0.3 is 25.1 Å². The Morgan fingerprint density at radius 2 is 1.93 bits per heavy atom. The monoisotopic (exact) mass is 242 g/mol. The molecule has 0 N–H and O–H groups in total. The van der Waals surface area contributed by atoms with E-state index in [0.717, 1.165) is 28.3 Å². The van der Waals surface area contributed by atoms with Gasteiger partial charge in [-0.05, 0) is 23.1 Å². The first kappa shape index (κ1) is 9.86. The van der Waals surface area contributed by atoms with Crippen LogP contribution in [0.25, 0.3) is 0 Å². The molecule has 0 aliphatic rings. The molecular formula is C7H7N3OP3+. The third-order valence-electron chi connectivity index (χ3n) is 1.59. The minimum atomic E-state index is -1.03. The Labute approximate surface area is 86.1 Å². The van der Waals surface area contributed by atoms with Gasteiger partial charge in [-0.1, -0.05) is 18.2 Å². The van der Waals surface area contributed by atoms with Crippen molar-refractivity contribution in [1.29, 1.82) is 0 Å². The van der Waals surface area contributed by atoms with Crippen molar-refractivity contribution >= 4 is 25.1 Å².